The van der Waals surface area contributed by atoms with Gasteiger partial charge in [0.15, 0.2) is 0 Å². The summed E-state index contributed by atoms with van der Waals surface area (Å²) in [5.74, 6) is 1.44. The van der Waals surface area contributed by atoms with Gasteiger partial charge in [-0.05, 0) is 37.7 Å². The molecule has 1 saturated carbocycles. The largest absolute Gasteiger partial charge is 0.473 e. The number of aromatic nitrogens is 2. The van der Waals surface area contributed by atoms with E-state index in [9.17, 15) is 0 Å². The fourth-order valence-corrected chi connectivity index (χ4v) is 2.10. The van der Waals surface area contributed by atoms with E-state index in [0.717, 1.165) is 24.3 Å². The summed E-state index contributed by atoms with van der Waals surface area (Å²) in [6.45, 7) is 2.75. The van der Waals surface area contributed by atoms with Crippen LogP contribution in [0, 0.1) is 5.92 Å². The van der Waals surface area contributed by atoms with Crippen molar-refractivity contribution in [3.05, 3.63) is 17.8 Å². The van der Waals surface area contributed by atoms with Gasteiger partial charge in [-0.15, -0.1) is 5.10 Å². The van der Waals surface area contributed by atoms with Gasteiger partial charge in [0, 0.05) is 12.1 Å². The molecule has 1 fully saturated rings. The highest BCUT2D eigenvalue weighted by Gasteiger charge is 2.20. The van der Waals surface area contributed by atoms with E-state index >= 15 is 0 Å². The van der Waals surface area contributed by atoms with E-state index in [1.54, 1.807) is 6.20 Å². The number of hydrogen-bond acceptors (Lipinski definition) is 4. The van der Waals surface area contributed by atoms with Crippen LogP contribution in [0.3, 0.4) is 0 Å². The average Bonchev–Trinajstić information content (AvgIpc) is 2.33. The third-order valence-electron chi connectivity index (χ3n) is 3.23. The van der Waals surface area contributed by atoms with Crippen LogP contribution in [-0.4, -0.2) is 16.3 Å². The molecule has 88 valence electrons. The third kappa shape index (κ3) is 2.70. The van der Waals surface area contributed by atoms with Crippen LogP contribution in [0.1, 0.15) is 38.2 Å². The Morgan fingerprint density at radius 2 is 2.12 bits per heavy atom. The minimum atomic E-state index is 0.290. The van der Waals surface area contributed by atoms with Crippen molar-refractivity contribution in [3.63, 3.8) is 0 Å². The van der Waals surface area contributed by atoms with E-state index in [-0.39, 0.29) is 6.10 Å². The van der Waals surface area contributed by atoms with E-state index < -0.39 is 0 Å². The summed E-state index contributed by atoms with van der Waals surface area (Å²) in [6, 6.07) is 1.87. The predicted molar refractivity (Wildman–Crippen MR) is 62.0 cm³/mol. The SMILES string of the molecule is CC1CCC(Oc2nnccc2CN)CC1. The molecule has 1 heterocycles. The Bertz CT molecular complexity index is 335. The van der Waals surface area contributed by atoms with E-state index in [4.69, 9.17) is 10.5 Å². The van der Waals surface area contributed by atoms with Crippen LogP contribution < -0.4 is 10.5 Å². The smallest absolute Gasteiger partial charge is 0.238 e. The van der Waals surface area contributed by atoms with Gasteiger partial charge in [0.25, 0.3) is 0 Å². The first-order valence-electron chi connectivity index (χ1n) is 5.97. The molecule has 1 aromatic heterocycles. The van der Waals surface area contributed by atoms with Crippen molar-refractivity contribution in [1.82, 2.24) is 10.2 Å². The molecule has 0 aromatic carbocycles. The van der Waals surface area contributed by atoms with Crippen LogP contribution in [0.15, 0.2) is 12.3 Å². The zero-order chi connectivity index (χ0) is 11.4. The molecule has 4 nitrogen and oxygen atoms in total. The maximum absolute atomic E-state index is 5.87. The lowest BCUT2D eigenvalue weighted by Gasteiger charge is -2.26. The fourth-order valence-electron chi connectivity index (χ4n) is 2.10. The molecule has 0 atom stereocenters. The van der Waals surface area contributed by atoms with Gasteiger partial charge in [-0.3, -0.25) is 0 Å². The summed E-state index contributed by atoms with van der Waals surface area (Å²) in [4.78, 5) is 0. The van der Waals surface area contributed by atoms with E-state index in [0.29, 0.717) is 12.4 Å². The summed E-state index contributed by atoms with van der Waals surface area (Å²) in [7, 11) is 0. The van der Waals surface area contributed by atoms with Crippen LogP contribution in [0.5, 0.6) is 5.88 Å². The zero-order valence-electron chi connectivity index (χ0n) is 9.72. The van der Waals surface area contributed by atoms with E-state index in [1.807, 2.05) is 6.07 Å². The lowest BCUT2D eigenvalue weighted by atomic mass is 9.89. The first-order valence-corrected chi connectivity index (χ1v) is 5.97. The highest BCUT2D eigenvalue weighted by atomic mass is 16.5. The minimum absolute atomic E-state index is 0.290. The van der Waals surface area contributed by atoms with Gasteiger partial charge in [0.1, 0.15) is 6.10 Å². The van der Waals surface area contributed by atoms with Crippen molar-refractivity contribution in [2.24, 2.45) is 11.7 Å². The van der Waals surface area contributed by atoms with Crippen LogP contribution in [0.2, 0.25) is 0 Å². The molecule has 16 heavy (non-hydrogen) atoms. The summed E-state index contributed by atoms with van der Waals surface area (Å²) < 4.78 is 5.87. The van der Waals surface area contributed by atoms with Gasteiger partial charge in [-0.2, -0.15) is 5.10 Å². The molecule has 1 aromatic rings. The monoisotopic (exact) mass is 221 g/mol. The predicted octanol–water partition coefficient (Wildman–Crippen LogP) is 1.89. The molecule has 0 bridgehead atoms. The second-order valence-electron chi connectivity index (χ2n) is 4.57. The molecule has 1 aliphatic carbocycles. The third-order valence-corrected chi connectivity index (χ3v) is 3.23. The second kappa shape index (κ2) is 5.25. The molecular formula is C12H19N3O. The maximum Gasteiger partial charge on any atom is 0.238 e. The maximum atomic E-state index is 5.87. The number of nitrogens with zero attached hydrogens (tertiary/aromatic N) is 2. The second-order valence-corrected chi connectivity index (χ2v) is 4.57. The van der Waals surface area contributed by atoms with Gasteiger partial charge < -0.3 is 10.5 Å². The normalized spacial score (nSPS) is 25.4. The topological polar surface area (TPSA) is 61.0 Å². The van der Waals surface area contributed by atoms with Gasteiger partial charge in [0.2, 0.25) is 5.88 Å². The van der Waals surface area contributed by atoms with Crippen LogP contribution in [-0.2, 0) is 6.54 Å². The molecule has 0 radical (unpaired) electrons. The summed E-state index contributed by atoms with van der Waals surface area (Å²) >= 11 is 0. The lowest BCUT2D eigenvalue weighted by molar-refractivity contribution is 0.127. The van der Waals surface area contributed by atoms with E-state index in [1.165, 1.54) is 12.8 Å². The van der Waals surface area contributed by atoms with Crippen molar-refractivity contribution in [3.8, 4) is 5.88 Å². The number of hydrogen-bond donors (Lipinski definition) is 1. The zero-order valence-corrected chi connectivity index (χ0v) is 9.72. The first-order chi connectivity index (χ1) is 7.79. The Labute approximate surface area is 96.2 Å². The Kier molecular flexibility index (Phi) is 3.72. The number of ether oxygens (including phenoxy) is 1. The highest BCUT2D eigenvalue weighted by Crippen LogP contribution is 2.27. The number of rotatable bonds is 3. The molecule has 1 aliphatic rings. The minimum Gasteiger partial charge on any atom is -0.473 e. The fraction of sp³-hybridized carbons (Fsp3) is 0.667. The summed E-state index contributed by atoms with van der Waals surface area (Å²) in [5.41, 5.74) is 6.57. The Morgan fingerprint density at radius 3 is 2.81 bits per heavy atom. The van der Waals surface area contributed by atoms with Gasteiger partial charge in [-0.25, -0.2) is 0 Å². The van der Waals surface area contributed by atoms with Gasteiger partial charge in [-0.1, -0.05) is 6.92 Å². The van der Waals surface area contributed by atoms with Crippen molar-refractivity contribution in [2.45, 2.75) is 45.3 Å². The molecule has 0 saturated heterocycles. The molecule has 2 rings (SSSR count). The molecule has 0 amide bonds. The summed E-state index contributed by atoms with van der Waals surface area (Å²) in [5, 5.41) is 7.85. The molecule has 0 unspecified atom stereocenters. The average molecular weight is 221 g/mol. The molecule has 4 heteroatoms. The van der Waals surface area contributed by atoms with Gasteiger partial charge in [0.05, 0.1) is 6.20 Å². The van der Waals surface area contributed by atoms with Crippen molar-refractivity contribution in [1.29, 1.82) is 0 Å². The van der Waals surface area contributed by atoms with E-state index in [2.05, 4.69) is 17.1 Å². The molecule has 0 aliphatic heterocycles. The van der Waals surface area contributed by atoms with Crippen LogP contribution in [0.4, 0.5) is 0 Å². The highest BCUT2D eigenvalue weighted by molar-refractivity contribution is 5.22. The van der Waals surface area contributed by atoms with Crippen molar-refractivity contribution < 1.29 is 4.74 Å². The standard InChI is InChI=1S/C12H19N3O/c1-9-2-4-11(5-3-9)16-12-10(8-13)6-7-14-15-12/h6-7,9,11H,2-5,8,13H2,1H3. The molecule has 0 spiro atoms. The number of nitrogens with two attached hydrogens (primary N) is 1. The Balaban J connectivity index is 1.98. The van der Waals surface area contributed by atoms with Crippen LogP contribution in [0.25, 0.3) is 0 Å². The van der Waals surface area contributed by atoms with Gasteiger partial charge >= 0.3 is 0 Å². The van der Waals surface area contributed by atoms with Crippen LogP contribution >= 0.6 is 0 Å². The molecular weight excluding hydrogens is 202 g/mol. The lowest BCUT2D eigenvalue weighted by Crippen LogP contribution is -2.24. The quantitative estimate of drug-likeness (QED) is 0.846. The summed E-state index contributed by atoms with van der Waals surface area (Å²) in [6.07, 6.45) is 6.64. The van der Waals surface area contributed by atoms with Crippen molar-refractivity contribution >= 4 is 0 Å². The first kappa shape index (κ1) is 11.3. The Morgan fingerprint density at radius 1 is 1.38 bits per heavy atom. The Hall–Kier alpha value is -1.16. The molecule has 2 N–H and O–H groups in total. The van der Waals surface area contributed by atoms with Crippen molar-refractivity contribution in [2.75, 3.05) is 0 Å².